The average Bonchev–Trinajstić information content (AvgIpc) is 2.63. The molecule has 3 rings (SSSR count). The summed E-state index contributed by atoms with van der Waals surface area (Å²) >= 11 is 11.8. The van der Waals surface area contributed by atoms with Gasteiger partial charge in [-0.25, -0.2) is 0 Å². The molecule has 1 amide bonds. The fraction of sp³-hybridized carbons (Fsp3) is 0.294. The van der Waals surface area contributed by atoms with E-state index >= 15 is 0 Å². The van der Waals surface area contributed by atoms with Gasteiger partial charge in [-0.1, -0.05) is 23.2 Å². The maximum Gasteiger partial charge on any atom is 0.272 e. The zero-order valence-corrected chi connectivity index (χ0v) is 14.8. The van der Waals surface area contributed by atoms with E-state index in [0.29, 0.717) is 10.6 Å². The molecule has 0 spiro atoms. The van der Waals surface area contributed by atoms with E-state index in [9.17, 15) is 4.79 Å². The molecule has 25 heavy (non-hydrogen) atoms. The van der Waals surface area contributed by atoms with Crippen LogP contribution in [-0.4, -0.2) is 35.2 Å². The molecule has 2 aromatic rings. The molecule has 1 fully saturated rings. The second-order valence-electron chi connectivity index (χ2n) is 5.75. The fourth-order valence-electron chi connectivity index (χ4n) is 2.77. The molecule has 1 saturated heterocycles. The number of hydrogen-bond donors (Lipinski definition) is 1. The molecule has 6 nitrogen and oxygen atoms in total. The largest absolute Gasteiger partial charge is 0.371 e. The third-order valence-electron chi connectivity index (χ3n) is 4.13. The van der Waals surface area contributed by atoms with Gasteiger partial charge < -0.3 is 10.2 Å². The van der Waals surface area contributed by atoms with Crippen molar-refractivity contribution in [2.75, 3.05) is 18.0 Å². The van der Waals surface area contributed by atoms with Crippen LogP contribution in [0.15, 0.2) is 30.3 Å². The zero-order chi connectivity index (χ0) is 17.8. The smallest absolute Gasteiger partial charge is 0.272 e. The highest BCUT2D eigenvalue weighted by Gasteiger charge is 2.22. The number of nitrogens with one attached hydrogen (secondary N) is 1. The first kappa shape index (κ1) is 17.5. The van der Waals surface area contributed by atoms with Gasteiger partial charge in [0.05, 0.1) is 10.6 Å². The van der Waals surface area contributed by atoms with Crippen LogP contribution in [0, 0.1) is 11.3 Å². The summed E-state index contributed by atoms with van der Waals surface area (Å²) in [4.78, 5) is 14.4. The minimum absolute atomic E-state index is 0.0788. The number of hydrogen-bond acceptors (Lipinski definition) is 5. The Morgan fingerprint density at radius 3 is 2.56 bits per heavy atom. The zero-order valence-electron chi connectivity index (χ0n) is 13.2. The van der Waals surface area contributed by atoms with Crippen molar-refractivity contribution >= 4 is 34.8 Å². The highest BCUT2D eigenvalue weighted by Crippen LogP contribution is 2.25. The molecular weight excluding hydrogens is 361 g/mol. The molecule has 0 bridgehead atoms. The molecule has 2 heterocycles. The Morgan fingerprint density at radius 1 is 1.20 bits per heavy atom. The van der Waals surface area contributed by atoms with Gasteiger partial charge in [-0.05, 0) is 43.2 Å². The fourth-order valence-corrected chi connectivity index (χ4v) is 3.09. The first-order valence-electron chi connectivity index (χ1n) is 7.81. The van der Waals surface area contributed by atoms with E-state index in [1.54, 1.807) is 18.2 Å². The number of nitriles is 1. The quantitative estimate of drug-likeness (QED) is 0.891. The monoisotopic (exact) mass is 375 g/mol. The topological polar surface area (TPSA) is 81.9 Å². The Morgan fingerprint density at radius 2 is 1.96 bits per heavy atom. The minimum Gasteiger partial charge on any atom is -0.371 e. The molecule has 1 aliphatic rings. The Kier molecular flexibility index (Phi) is 5.37. The van der Waals surface area contributed by atoms with E-state index in [2.05, 4.69) is 26.5 Å². The van der Waals surface area contributed by atoms with Gasteiger partial charge in [-0.15, -0.1) is 10.2 Å². The van der Waals surface area contributed by atoms with Crippen molar-refractivity contribution in [1.29, 1.82) is 5.26 Å². The summed E-state index contributed by atoms with van der Waals surface area (Å²) in [6.45, 7) is 1.58. The predicted octanol–water partition coefficient (Wildman–Crippen LogP) is 3.05. The van der Waals surface area contributed by atoms with Gasteiger partial charge in [0.15, 0.2) is 10.8 Å². The lowest BCUT2D eigenvalue weighted by Crippen LogP contribution is -2.45. The Bertz CT molecular complexity index is 811. The highest BCUT2D eigenvalue weighted by atomic mass is 35.5. The summed E-state index contributed by atoms with van der Waals surface area (Å²) < 4.78 is 0. The summed E-state index contributed by atoms with van der Waals surface area (Å²) in [6, 6.07) is 10.7. The summed E-state index contributed by atoms with van der Waals surface area (Å²) in [5, 5.41) is 20.1. The normalized spacial score (nSPS) is 14.8. The number of anilines is 1. The molecular formula is C17H15Cl2N5O. The van der Waals surface area contributed by atoms with Crippen LogP contribution in [0.1, 0.15) is 28.9 Å². The molecule has 128 valence electrons. The lowest BCUT2D eigenvalue weighted by atomic mass is 10.0. The van der Waals surface area contributed by atoms with Crippen LogP contribution in [0.3, 0.4) is 0 Å². The van der Waals surface area contributed by atoms with Gasteiger partial charge >= 0.3 is 0 Å². The van der Waals surface area contributed by atoms with Crippen molar-refractivity contribution in [2.24, 2.45) is 0 Å². The van der Waals surface area contributed by atoms with Crippen molar-refractivity contribution in [3.05, 3.63) is 51.8 Å². The first-order valence-corrected chi connectivity index (χ1v) is 8.57. The van der Waals surface area contributed by atoms with Crippen molar-refractivity contribution in [2.45, 2.75) is 18.9 Å². The number of piperidine rings is 1. The third-order valence-corrected chi connectivity index (χ3v) is 4.65. The molecule has 0 radical (unpaired) electrons. The van der Waals surface area contributed by atoms with E-state index in [4.69, 9.17) is 28.5 Å². The highest BCUT2D eigenvalue weighted by molar-refractivity contribution is 6.32. The number of carbonyl (C=O) groups excluding carboxylic acids is 1. The Hall–Kier alpha value is -2.36. The van der Waals surface area contributed by atoms with Crippen LogP contribution in [0.5, 0.6) is 0 Å². The number of halogens is 2. The number of aromatic nitrogens is 2. The van der Waals surface area contributed by atoms with Crippen LogP contribution in [0.2, 0.25) is 10.2 Å². The van der Waals surface area contributed by atoms with Crippen LogP contribution >= 0.6 is 23.2 Å². The molecule has 0 unspecified atom stereocenters. The molecule has 1 aromatic heterocycles. The molecule has 0 saturated carbocycles. The molecule has 1 N–H and O–H groups in total. The van der Waals surface area contributed by atoms with Gasteiger partial charge in [0.25, 0.3) is 5.91 Å². The third kappa shape index (κ3) is 4.19. The summed E-state index contributed by atoms with van der Waals surface area (Å²) in [7, 11) is 0. The number of rotatable bonds is 3. The average molecular weight is 376 g/mol. The van der Waals surface area contributed by atoms with Gasteiger partial charge in [-0.3, -0.25) is 4.79 Å². The predicted molar refractivity (Wildman–Crippen MR) is 95.9 cm³/mol. The second kappa shape index (κ2) is 7.68. The number of benzene rings is 1. The van der Waals surface area contributed by atoms with Crippen molar-refractivity contribution in [1.82, 2.24) is 15.5 Å². The molecule has 1 aliphatic heterocycles. The summed E-state index contributed by atoms with van der Waals surface area (Å²) in [5.74, 6) is -0.246. The lowest BCUT2D eigenvalue weighted by molar-refractivity contribution is 0.0925. The molecule has 0 atom stereocenters. The number of amides is 1. The lowest BCUT2D eigenvalue weighted by Gasteiger charge is -2.34. The van der Waals surface area contributed by atoms with Gasteiger partial charge in [-0.2, -0.15) is 5.26 Å². The standard InChI is InChI=1S/C17H15Cl2N5O/c18-14-9-13(2-1-11(14)10-20)24-7-5-12(6-8-24)21-17(25)15-3-4-16(19)23-22-15/h1-4,9,12H,5-8H2,(H,21,25). The molecule has 1 aromatic carbocycles. The van der Waals surface area contributed by atoms with E-state index < -0.39 is 0 Å². The van der Waals surface area contributed by atoms with Crippen molar-refractivity contribution in [3.8, 4) is 6.07 Å². The van der Waals surface area contributed by atoms with Gasteiger partial charge in [0, 0.05) is 24.8 Å². The maximum atomic E-state index is 12.2. The summed E-state index contributed by atoms with van der Waals surface area (Å²) in [5.41, 5.74) is 1.71. The van der Waals surface area contributed by atoms with Gasteiger partial charge in [0.1, 0.15) is 6.07 Å². The Labute approximate surface area is 155 Å². The Balaban J connectivity index is 1.57. The summed E-state index contributed by atoms with van der Waals surface area (Å²) in [6.07, 6.45) is 1.62. The van der Waals surface area contributed by atoms with Crippen LogP contribution in [-0.2, 0) is 0 Å². The van der Waals surface area contributed by atoms with Crippen molar-refractivity contribution < 1.29 is 4.79 Å². The molecule has 8 heteroatoms. The van der Waals surface area contributed by atoms with Gasteiger partial charge in [0.2, 0.25) is 0 Å². The first-order chi connectivity index (χ1) is 12.1. The number of nitrogens with zero attached hydrogens (tertiary/aromatic N) is 4. The van der Waals surface area contributed by atoms with E-state index in [-0.39, 0.29) is 22.8 Å². The number of carbonyl (C=O) groups is 1. The van der Waals surface area contributed by atoms with Crippen LogP contribution in [0.25, 0.3) is 0 Å². The second-order valence-corrected chi connectivity index (χ2v) is 6.55. The van der Waals surface area contributed by atoms with E-state index in [1.807, 2.05) is 12.1 Å². The SMILES string of the molecule is N#Cc1ccc(N2CCC(NC(=O)c3ccc(Cl)nn3)CC2)cc1Cl. The van der Waals surface area contributed by atoms with Crippen LogP contribution < -0.4 is 10.2 Å². The van der Waals surface area contributed by atoms with E-state index in [0.717, 1.165) is 31.6 Å². The molecule has 0 aliphatic carbocycles. The van der Waals surface area contributed by atoms with Crippen molar-refractivity contribution in [3.63, 3.8) is 0 Å². The minimum atomic E-state index is -0.246. The van der Waals surface area contributed by atoms with Crippen LogP contribution in [0.4, 0.5) is 5.69 Å². The maximum absolute atomic E-state index is 12.2. The van der Waals surface area contributed by atoms with E-state index in [1.165, 1.54) is 0 Å².